The topological polar surface area (TPSA) is 109 Å². The fourth-order valence-corrected chi connectivity index (χ4v) is 3.28. The highest BCUT2D eigenvalue weighted by Gasteiger charge is 2.42. The van der Waals surface area contributed by atoms with Gasteiger partial charge in [0.25, 0.3) is 0 Å². The number of aromatic nitrogens is 4. The number of nitrogens with one attached hydrogen (secondary N) is 1. The summed E-state index contributed by atoms with van der Waals surface area (Å²) in [5.41, 5.74) is 1.31. The van der Waals surface area contributed by atoms with Gasteiger partial charge in [0, 0.05) is 31.9 Å². The number of piperidine rings is 1. The van der Waals surface area contributed by atoms with Gasteiger partial charge in [-0.1, -0.05) is 0 Å². The summed E-state index contributed by atoms with van der Waals surface area (Å²) >= 11 is 0. The molecule has 0 aliphatic carbocycles. The number of rotatable bonds is 2. The van der Waals surface area contributed by atoms with E-state index in [0.717, 1.165) is 37.3 Å². The van der Waals surface area contributed by atoms with Crippen LogP contribution in [-0.4, -0.2) is 51.1 Å². The first-order chi connectivity index (χ1) is 12.1. The Hall–Kier alpha value is -3.15. The quantitative estimate of drug-likeness (QED) is 0.863. The Balaban J connectivity index is 1.58. The van der Waals surface area contributed by atoms with Gasteiger partial charge in [0.2, 0.25) is 0 Å². The van der Waals surface area contributed by atoms with Crippen molar-refractivity contribution in [1.82, 2.24) is 25.1 Å². The van der Waals surface area contributed by atoms with E-state index in [1.54, 1.807) is 17.1 Å². The summed E-state index contributed by atoms with van der Waals surface area (Å²) in [6, 6.07) is 2.08. The molecule has 0 unspecified atom stereocenters. The van der Waals surface area contributed by atoms with Crippen LogP contribution in [0.3, 0.4) is 0 Å². The zero-order chi connectivity index (χ0) is 17.4. The first kappa shape index (κ1) is 15.4. The maximum atomic E-state index is 11.3. The molecule has 2 fully saturated rings. The van der Waals surface area contributed by atoms with Crippen LogP contribution in [0.1, 0.15) is 18.5 Å². The predicted molar refractivity (Wildman–Crippen MR) is 87.6 cm³/mol. The number of carbonyl (C=O) groups is 1. The Morgan fingerprint density at radius 3 is 2.76 bits per heavy atom. The van der Waals surface area contributed by atoms with E-state index in [-0.39, 0.29) is 17.3 Å². The van der Waals surface area contributed by atoms with Crippen molar-refractivity contribution in [1.29, 1.82) is 5.26 Å². The zero-order valence-corrected chi connectivity index (χ0v) is 13.8. The average Bonchev–Trinajstić information content (AvgIpc) is 3.21. The molecule has 0 bridgehead atoms. The number of anilines is 1. The molecule has 2 saturated heterocycles. The van der Waals surface area contributed by atoms with Crippen LogP contribution in [0.5, 0.6) is 0 Å². The number of nitriles is 1. The summed E-state index contributed by atoms with van der Waals surface area (Å²) in [4.78, 5) is 22.4. The maximum Gasteiger partial charge on any atom is 0.407 e. The van der Waals surface area contributed by atoms with Crippen molar-refractivity contribution in [2.24, 2.45) is 7.05 Å². The Morgan fingerprint density at radius 2 is 2.16 bits per heavy atom. The third-order valence-electron chi connectivity index (χ3n) is 4.74. The molecule has 0 atom stereocenters. The van der Waals surface area contributed by atoms with Crippen LogP contribution in [0.15, 0.2) is 18.6 Å². The van der Waals surface area contributed by atoms with Crippen molar-refractivity contribution >= 4 is 11.9 Å². The van der Waals surface area contributed by atoms with Crippen molar-refractivity contribution in [3.63, 3.8) is 0 Å². The van der Waals surface area contributed by atoms with E-state index in [1.165, 1.54) is 0 Å². The number of alkyl carbamates (subject to hydrolysis) is 1. The van der Waals surface area contributed by atoms with E-state index in [1.807, 2.05) is 13.2 Å². The number of hydrogen-bond donors (Lipinski definition) is 1. The lowest BCUT2D eigenvalue weighted by molar-refractivity contribution is 0.168. The largest absolute Gasteiger partial charge is 0.447 e. The minimum atomic E-state index is -0.342. The van der Waals surface area contributed by atoms with Gasteiger partial charge in [0.1, 0.15) is 24.2 Å². The highest BCUT2D eigenvalue weighted by atomic mass is 16.6. The minimum absolute atomic E-state index is 0.264. The summed E-state index contributed by atoms with van der Waals surface area (Å²) in [6.07, 6.45) is 6.33. The van der Waals surface area contributed by atoms with Crippen LogP contribution in [0.4, 0.5) is 10.6 Å². The lowest BCUT2D eigenvalue weighted by Gasteiger charge is -2.38. The van der Waals surface area contributed by atoms with Crippen LogP contribution in [0.2, 0.25) is 0 Å². The summed E-state index contributed by atoms with van der Waals surface area (Å²) in [5.74, 6) is 0.720. The predicted octanol–water partition coefficient (Wildman–Crippen LogP) is 0.828. The van der Waals surface area contributed by atoms with Gasteiger partial charge in [-0.25, -0.2) is 14.8 Å². The second-order valence-electron chi connectivity index (χ2n) is 6.41. The van der Waals surface area contributed by atoms with E-state index < -0.39 is 0 Å². The molecule has 0 radical (unpaired) electrons. The number of ether oxygens (including phenoxy) is 1. The van der Waals surface area contributed by atoms with Crippen molar-refractivity contribution < 1.29 is 9.53 Å². The molecule has 128 valence electrons. The summed E-state index contributed by atoms with van der Waals surface area (Å²) in [7, 11) is 1.81. The van der Waals surface area contributed by atoms with Gasteiger partial charge in [0.05, 0.1) is 17.9 Å². The van der Waals surface area contributed by atoms with Crippen molar-refractivity contribution in [2.45, 2.75) is 18.4 Å². The van der Waals surface area contributed by atoms with Crippen molar-refractivity contribution in [3.05, 3.63) is 24.3 Å². The summed E-state index contributed by atoms with van der Waals surface area (Å²) in [6.45, 7) is 1.88. The molecule has 1 amide bonds. The van der Waals surface area contributed by atoms with Crippen LogP contribution in [0.25, 0.3) is 11.3 Å². The normalized spacial score (nSPS) is 18.7. The molecule has 2 aliphatic rings. The lowest BCUT2D eigenvalue weighted by atomic mass is 9.89. The molecule has 2 aromatic rings. The highest BCUT2D eigenvalue weighted by molar-refractivity contribution is 5.71. The molecule has 1 N–H and O–H groups in total. The molecule has 2 aliphatic heterocycles. The molecular weight excluding hydrogens is 322 g/mol. The zero-order valence-electron chi connectivity index (χ0n) is 13.8. The molecule has 9 heteroatoms. The average molecular weight is 339 g/mol. The molecule has 4 rings (SSSR count). The fourth-order valence-electron chi connectivity index (χ4n) is 3.28. The molecular formula is C16H17N7O2. The summed E-state index contributed by atoms with van der Waals surface area (Å²) in [5, 5.41) is 16.4. The lowest BCUT2D eigenvalue weighted by Crippen LogP contribution is -2.52. The van der Waals surface area contributed by atoms with E-state index in [4.69, 9.17) is 4.74 Å². The van der Waals surface area contributed by atoms with Gasteiger partial charge < -0.3 is 15.0 Å². The Bertz CT molecular complexity index is 862. The second kappa shape index (κ2) is 5.73. The van der Waals surface area contributed by atoms with Gasteiger partial charge in [-0.05, 0) is 12.8 Å². The van der Waals surface area contributed by atoms with Crippen molar-refractivity contribution in [2.75, 3.05) is 24.6 Å². The van der Waals surface area contributed by atoms with E-state index in [0.29, 0.717) is 12.3 Å². The Morgan fingerprint density at radius 1 is 1.36 bits per heavy atom. The highest BCUT2D eigenvalue weighted by Crippen LogP contribution is 2.30. The first-order valence-electron chi connectivity index (χ1n) is 8.05. The van der Waals surface area contributed by atoms with Gasteiger partial charge in [-0.15, -0.1) is 0 Å². The Labute approximate surface area is 144 Å². The van der Waals surface area contributed by atoms with E-state index >= 15 is 0 Å². The molecule has 25 heavy (non-hydrogen) atoms. The van der Waals surface area contributed by atoms with Crippen LogP contribution in [-0.2, 0) is 11.8 Å². The van der Waals surface area contributed by atoms with Gasteiger partial charge in [-0.2, -0.15) is 10.4 Å². The molecule has 9 nitrogen and oxygen atoms in total. The number of amides is 1. The second-order valence-corrected chi connectivity index (χ2v) is 6.41. The van der Waals surface area contributed by atoms with Crippen LogP contribution < -0.4 is 10.2 Å². The Kier molecular flexibility index (Phi) is 3.53. The van der Waals surface area contributed by atoms with Gasteiger partial charge >= 0.3 is 6.09 Å². The third-order valence-corrected chi connectivity index (χ3v) is 4.74. The van der Waals surface area contributed by atoms with Gasteiger partial charge in [0.15, 0.2) is 5.69 Å². The summed E-state index contributed by atoms with van der Waals surface area (Å²) < 4.78 is 6.72. The number of aryl methyl sites for hydroxylation is 1. The molecule has 4 heterocycles. The van der Waals surface area contributed by atoms with Gasteiger partial charge in [-0.3, -0.25) is 4.68 Å². The standard InChI is InChI=1S/C16H17N7O2/c1-22-9-11(7-19-22)14-12(6-17)18-8-13(20-14)23-4-2-16(3-5-23)10-25-15(24)21-16/h7-9H,2-5,10H2,1H3,(H,21,24). The monoisotopic (exact) mass is 339 g/mol. The van der Waals surface area contributed by atoms with E-state index in [2.05, 4.69) is 31.4 Å². The SMILES string of the molecule is Cn1cc(-c2nc(N3CCC4(CC3)COC(=O)N4)cnc2C#N)cn1. The number of carbonyl (C=O) groups excluding carboxylic acids is 1. The van der Waals surface area contributed by atoms with E-state index in [9.17, 15) is 10.1 Å². The molecule has 0 saturated carbocycles. The molecule has 0 aromatic carbocycles. The number of nitrogens with zero attached hydrogens (tertiary/aromatic N) is 6. The first-order valence-corrected chi connectivity index (χ1v) is 8.05. The smallest absolute Gasteiger partial charge is 0.407 e. The minimum Gasteiger partial charge on any atom is -0.447 e. The number of hydrogen-bond acceptors (Lipinski definition) is 7. The maximum absolute atomic E-state index is 11.3. The molecule has 2 aromatic heterocycles. The fraction of sp³-hybridized carbons (Fsp3) is 0.438. The molecule has 1 spiro atoms. The third kappa shape index (κ3) is 2.76. The number of cyclic esters (lactones) is 1. The van der Waals surface area contributed by atoms with Crippen LogP contribution >= 0.6 is 0 Å². The van der Waals surface area contributed by atoms with Crippen LogP contribution in [0, 0.1) is 11.3 Å². The van der Waals surface area contributed by atoms with Crippen molar-refractivity contribution in [3.8, 4) is 17.3 Å².